The Hall–Kier alpha value is -0.732. The molecule has 0 aliphatic carbocycles. The third-order valence-corrected chi connectivity index (χ3v) is 23.7. The maximum Gasteiger partial charge on any atom is 0.360 e. The number of hydrogen-bond acceptors (Lipinski definition) is 11. The van der Waals surface area contributed by atoms with E-state index in [4.69, 9.17) is 33.0 Å². The van der Waals surface area contributed by atoms with Gasteiger partial charge in [-0.05, 0) is 108 Å². The maximum atomic E-state index is 12.8. The summed E-state index contributed by atoms with van der Waals surface area (Å²) < 4.78 is 29.6. The molecular weight excluding hydrogens is 831 g/mol. The van der Waals surface area contributed by atoms with Crippen molar-refractivity contribution >= 4 is 112 Å². The number of ether oxygens (including phenoxy) is 2. The van der Waals surface area contributed by atoms with E-state index in [2.05, 4.69) is 57.0 Å². The number of carbonyl (C=O) groups excluding carboxylic acids is 2. The normalized spacial score (nSPS) is 13.0. The molecule has 0 saturated carbocycles. The summed E-state index contributed by atoms with van der Waals surface area (Å²) in [5.74, 6) is -0.401. The van der Waals surface area contributed by atoms with Crippen LogP contribution in [0.5, 0.6) is 11.5 Å². The van der Waals surface area contributed by atoms with Crippen molar-refractivity contribution in [2.45, 2.75) is 102 Å². The first kappa shape index (κ1) is 57.0. The van der Waals surface area contributed by atoms with E-state index in [-0.39, 0.29) is 35.7 Å². The van der Waals surface area contributed by atoms with Gasteiger partial charge in [0.2, 0.25) is 0 Å². The Kier molecular flexibility index (Phi) is 29.2. The average Bonchev–Trinajstić information content (AvgIpc) is 2.95. The van der Waals surface area contributed by atoms with Gasteiger partial charge in [0.05, 0.1) is 5.92 Å². The van der Waals surface area contributed by atoms with Crippen molar-refractivity contribution in [1.29, 1.82) is 0 Å². The highest BCUT2D eigenvalue weighted by Crippen LogP contribution is 2.27. The first-order valence-electron chi connectivity index (χ1n) is 14.3. The zero-order valence-electron chi connectivity index (χ0n) is 28.3. The van der Waals surface area contributed by atoms with E-state index in [1.165, 1.54) is 0 Å². The highest BCUT2D eigenvalue weighted by atomic mass is 32.9. The minimum absolute atomic E-state index is 0. The molecular formula is C32H59O9P2S4Si4. The summed E-state index contributed by atoms with van der Waals surface area (Å²) in [7, 11) is -6.03. The van der Waals surface area contributed by atoms with Crippen LogP contribution in [-0.2, 0) is 63.3 Å². The molecule has 2 rings (SSSR count). The minimum Gasteiger partial charge on any atom is -0.615 e. The lowest BCUT2D eigenvalue weighted by Gasteiger charge is -2.37. The molecule has 2 aromatic rings. The minimum atomic E-state index is -2.67. The molecule has 0 heterocycles. The molecule has 0 bridgehead atoms. The molecule has 4 atom stereocenters. The third kappa shape index (κ3) is 23.6. The predicted octanol–water partition coefficient (Wildman–Crippen LogP) is 7.53. The van der Waals surface area contributed by atoms with E-state index in [0.29, 0.717) is 33.7 Å². The van der Waals surface area contributed by atoms with E-state index in [0.717, 1.165) is 19.0 Å². The van der Waals surface area contributed by atoms with Crippen LogP contribution in [0.3, 0.4) is 0 Å². The second-order valence-corrected chi connectivity index (χ2v) is 35.0. The van der Waals surface area contributed by atoms with Crippen molar-refractivity contribution in [3.63, 3.8) is 0 Å². The number of esters is 2. The molecule has 0 fully saturated rings. The maximum absolute atomic E-state index is 12.8. The topological polar surface area (TPSA) is 126 Å². The molecule has 19 heteroatoms. The van der Waals surface area contributed by atoms with Gasteiger partial charge in [0, 0.05) is 34.0 Å². The zero-order valence-corrected chi connectivity index (χ0v) is 37.4. The van der Waals surface area contributed by atoms with Crippen molar-refractivity contribution in [3.8, 4) is 11.5 Å². The summed E-state index contributed by atoms with van der Waals surface area (Å²) in [6.45, 7) is 20.4. The highest BCUT2D eigenvalue weighted by Gasteiger charge is 2.42. The Morgan fingerprint density at radius 1 is 0.784 bits per heavy atom. The molecule has 0 spiro atoms. The van der Waals surface area contributed by atoms with Gasteiger partial charge in [-0.3, -0.25) is 4.79 Å². The molecule has 0 aromatic heterocycles. The Morgan fingerprint density at radius 3 is 1.51 bits per heavy atom. The Balaban J connectivity index is -0.000000472. The van der Waals surface area contributed by atoms with Crippen LogP contribution in [0.25, 0.3) is 0 Å². The first-order valence-corrected chi connectivity index (χ1v) is 32.7. The second kappa shape index (κ2) is 26.1. The lowest BCUT2D eigenvalue weighted by molar-refractivity contribution is -0.149. The van der Waals surface area contributed by atoms with Crippen LogP contribution in [0.2, 0.25) is 58.4 Å². The largest absolute Gasteiger partial charge is 0.615 e. The van der Waals surface area contributed by atoms with Crippen molar-refractivity contribution < 1.29 is 41.2 Å². The Labute approximate surface area is 331 Å². The van der Waals surface area contributed by atoms with Gasteiger partial charge in [-0.25, -0.2) is 4.79 Å². The predicted molar refractivity (Wildman–Crippen MR) is 236 cm³/mol. The molecule has 2 aromatic carbocycles. The molecule has 0 aliphatic heterocycles. The fourth-order valence-electron chi connectivity index (χ4n) is 3.92. The monoisotopic (exact) mass is 889 g/mol. The summed E-state index contributed by atoms with van der Waals surface area (Å²) in [5.41, 5.74) is 0.330. The molecule has 0 aliphatic rings. The van der Waals surface area contributed by atoms with Crippen LogP contribution in [0, 0.1) is 5.92 Å². The van der Waals surface area contributed by atoms with Gasteiger partial charge in [-0.2, -0.15) is 0 Å². The summed E-state index contributed by atoms with van der Waals surface area (Å²) in [4.78, 5) is 47.1. The van der Waals surface area contributed by atoms with Crippen LogP contribution in [0.4, 0.5) is 0 Å². The fraction of sp³-hybridized carbons (Fsp3) is 0.500. The summed E-state index contributed by atoms with van der Waals surface area (Å²) >= 11 is 9.40. The zero-order chi connectivity index (χ0) is 36.2. The lowest BCUT2D eigenvalue weighted by Crippen LogP contribution is -2.53. The molecule has 0 saturated heterocycles. The summed E-state index contributed by atoms with van der Waals surface area (Å²) in [5, 5.41) is 1.25. The van der Waals surface area contributed by atoms with E-state index in [1.807, 2.05) is 20.0 Å². The highest BCUT2D eigenvalue weighted by molar-refractivity contribution is 8.35. The smallest absolute Gasteiger partial charge is 0.360 e. The third-order valence-electron chi connectivity index (χ3n) is 5.42. The van der Waals surface area contributed by atoms with Gasteiger partial charge in [0.15, 0.2) is 41.1 Å². The molecule has 0 amide bonds. The standard InChI is InChI=1S/C18H34O6PS2Si4.C10H9O3PS2.4CH4/c1-15(18(19)21-16-10-12-17(13-11-16)25(20)27-26)14-31(9,24-30(6,7)8)23-28(2)22-29(3,4)5;1-7(2)10(11)13-8-3-5-9(6-4-8)14(12)16-15;;;;/h10-13,15H,14H2,1-9H3;3-6H,1H2,2H3;4*1H4. The van der Waals surface area contributed by atoms with Crippen LogP contribution >= 0.6 is 13.8 Å². The van der Waals surface area contributed by atoms with Gasteiger partial charge in [-0.1, -0.05) is 43.2 Å². The number of rotatable bonds is 14. The van der Waals surface area contributed by atoms with Crippen LogP contribution in [0.15, 0.2) is 60.7 Å². The van der Waals surface area contributed by atoms with Crippen molar-refractivity contribution in [1.82, 2.24) is 0 Å². The van der Waals surface area contributed by atoms with Gasteiger partial charge >= 0.3 is 29.8 Å². The fourth-order valence-corrected chi connectivity index (χ4v) is 21.8. The van der Waals surface area contributed by atoms with E-state index >= 15 is 0 Å². The number of carbonyl (C=O) groups is 2. The van der Waals surface area contributed by atoms with Gasteiger partial charge in [0.25, 0.3) is 0 Å². The van der Waals surface area contributed by atoms with Crippen LogP contribution in [-0.4, -0.2) is 46.4 Å². The van der Waals surface area contributed by atoms with Crippen LogP contribution < -0.4 is 29.9 Å². The van der Waals surface area contributed by atoms with Crippen molar-refractivity contribution in [3.05, 3.63) is 60.7 Å². The Bertz CT molecular complexity index is 1510. The van der Waals surface area contributed by atoms with E-state index < -0.39 is 60.2 Å². The quantitative estimate of drug-likeness (QED) is 0.0615. The van der Waals surface area contributed by atoms with E-state index in [1.54, 1.807) is 55.5 Å². The SMILES string of the molecule is C.C.C.C.C=C(C)C(=O)Oc1ccc([P+]([O-])=S=S)cc1.CC(C[Si](C)(O[Si](C)O[Si](C)(C)C)O[Si](C)(C)C)C(=O)Oc1ccc([P+]([O-])=S=S)cc1. The first-order chi connectivity index (χ1) is 21.6. The molecule has 1 radical (unpaired) electrons. The molecule has 9 nitrogen and oxygen atoms in total. The molecule has 0 N–H and O–H groups in total. The average molecular weight is 890 g/mol. The summed E-state index contributed by atoms with van der Waals surface area (Å²) in [6, 6.07) is 13.5. The van der Waals surface area contributed by atoms with Gasteiger partial charge in [0.1, 0.15) is 30.5 Å². The van der Waals surface area contributed by atoms with Crippen LogP contribution in [0.1, 0.15) is 43.6 Å². The molecule has 51 heavy (non-hydrogen) atoms. The lowest BCUT2D eigenvalue weighted by atomic mass is 10.2. The van der Waals surface area contributed by atoms with Gasteiger partial charge < -0.3 is 31.6 Å². The molecule has 4 unspecified atom stereocenters. The second-order valence-electron chi connectivity index (χ2n) is 12.5. The van der Waals surface area contributed by atoms with E-state index in [9.17, 15) is 19.4 Å². The van der Waals surface area contributed by atoms with Crippen molar-refractivity contribution in [2.24, 2.45) is 5.92 Å². The summed E-state index contributed by atoms with van der Waals surface area (Å²) in [6.07, 6.45) is 0. The Morgan fingerprint density at radius 2 is 1.18 bits per heavy atom. The number of hydrogen-bond donors (Lipinski definition) is 0. The number of benzene rings is 2. The van der Waals surface area contributed by atoms with Gasteiger partial charge in [-0.15, -0.1) is 0 Å². The molecule has 291 valence electrons. The van der Waals surface area contributed by atoms with Crippen molar-refractivity contribution in [2.75, 3.05) is 0 Å².